The third kappa shape index (κ3) is 4.27. The van der Waals surface area contributed by atoms with Gasteiger partial charge in [-0.25, -0.2) is 17.9 Å². The van der Waals surface area contributed by atoms with Crippen molar-refractivity contribution >= 4 is 16.0 Å². The van der Waals surface area contributed by atoms with Gasteiger partial charge in [0.05, 0.1) is 17.6 Å². The van der Waals surface area contributed by atoms with Crippen molar-refractivity contribution in [3.63, 3.8) is 0 Å². The predicted octanol–water partition coefficient (Wildman–Crippen LogP) is 3.52. The number of benzene rings is 2. The first kappa shape index (κ1) is 19.1. The van der Waals surface area contributed by atoms with Crippen molar-refractivity contribution in [3.05, 3.63) is 64.7 Å². The molecular weight excluding hydrogens is 338 g/mol. The van der Waals surface area contributed by atoms with Crippen molar-refractivity contribution in [2.75, 3.05) is 7.11 Å². The molecule has 0 aromatic heterocycles. The van der Waals surface area contributed by atoms with E-state index in [0.29, 0.717) is 12.0 Å². The largest absolute Gasteiger partial charge is 0.465 e. The van der Waals surface area contributed by atoms with Crippen LogP contribution in [0.5, 0.6) is 0 Å². The lowest BCUT2D eigenvalue weighted by molar-refractivity contribution is 0.0599. The number of sulfonamides is 1. The van der Waals surface area contributed by atoms with E-state index in [9.17, 15) is 13.2 Å². The molecule has 0 radical (unpaired) electrons. The van der Waals surface area contributed by atoms with Crippen LogP contribution in [0.25, 0.3) is 0 Å². The molecule has 0 spiro atoms. The van der Waals surface area contributed by atoms with Gasteiger partial charge in [0.1, 0.15) is 0 Å². The average Bonchev–Trinajstić information content (AvgIpc) is 2.60. The zero-order chi connectivity index (χ0) is 18.6. The zero-order valence-corrected chi connectivity index (χ0v) is 15.7. The van der Waals surface area contributed by atoms with Crippen LogP contribution in [0.15, 0.2) is 47.4 Å². The van der Waals surface area contributed by atoms with Crippen LogP contribution < -0.4 is 4.72 Å². The number of ether oxygens (including phenoxy) is 1. The standard InChI is InChI=1S/C19H23NO4S/c1-5-18(16-9-7-6-8-13(16)2)20-25(22,23)15-11-10-14(3)17(12-15)19(21)24-4/h6-12,18,20H,5H2,1-4H3. The van der Waals surface area contributed by atoms with Crippen molar-refractivity contribution in [2.24, 2.45) is 0 Å². The molecule has 2 rings (SSSR count). The Kier molecular flexibility index (Phi) is 5.98. The maximum Gasteiger partial charge on any atom is 0.338 e. The minimum absolute atomic E-state index is 0.0468. The van der Waals surface area contributed by atoms with Crippen LogP contribution in [0.4, 0.5) is 0 Å². The second-order valence-corrected chi connectivity index (χ2v) is 7.62. The fraction of sp³-hybridized carbons (Fsp3) is 0.316. The Morgan fingerprint density at radius 2 is 1.80 bits per heavy atom. The van der Waals surface area contributed by atoms with Crippen molar-refractivity contribution < 1.29 is 17.9 Å². The summed E-state index contributed by atoms with van der Waals surface area (Å²) in [6.45, 7) is 5.61. The number of rotatable bonds is 6. The molecule has 1 unspecified atom stereocenters. The molecule has 25 heavy (non-hydrogen) atoms. The van der Waals surface area contributed by atoms with Crippen LogP contribution in [0.1, 0.15) is 46.4 Å². The Morgan fingerprint density at radius 1 is 1.12 bits per heavy atom. The number of nitrogens with one attached hydrogen (secondary N) is 1. The summed E-state index contributed by atoms with van der Waals surface area (Å²) < 4.78 is 33.1. The minimum atomic E-state index is -3.78. The zero-order valence-electron chi connectivity index (χ0n) is 14.9. The summed E-state index contributed by atoms with van der Waals surface area (Å²) in [7, 11) is -2.50. The molecule has 2 aromatic carbocycles. The van der Waals surface area contributed by atoms with Crippen LogP contribution >= 0.6 is 0 Å². The van der Waals surface area contributed by atoms with Crippen molar-refractivity contribution in [3.8, 4) is 0 Å². The number of aryl methyl sites for hydroxylation is 2. The molecule has 6 heteroatoms. The number of carbonyl (C=O) groups excluding carboxylic acids is 1. The molecule has 0 saturated heterocycles. The molecule has 1 atom stereocenters. The minimum Gasteiger partial charge on any atom is -0.465 e. The van der Waals surface area contributed by atoms with Gasteiger partial charge in [-0.1, -0.05) is 37.3 Å². The Morgan fingerprint density at radius 3 is 2.40 bits per heavy atom. The van der Waals surface area contributed by atoms with E-state index < -0.39 is 16.0 Å². The van der Waals surface area contributed by atoms with Crippen LogP contribution in [0, 0.1) is 13.8 Å². The van der Waals surface area contributed by atoms with Gasteiger partial charge in [0, 0.05) is 6.04 Å². The van der Waals surface area contributed by atoms with E-state index in [-0.39, 0.29) is 16.5 Å². The molecule has 0 aliphatic rings. The van der Waals surface area contributed by atoms with Crippen molar-refractivity contribution in [1.82, 2.24) is 4.72 Å². The molecule has 0 fully saturated rings. The van der Waals surface area contributed by atoms with Gasteiger partial charge in [0.2, 0.25) is 10.0 Å². The highest BCUT2D eigenvalue weighted by Crippen LogP contribution is 2.24. The lowest BCUT2D eigenvalue weighted by atomic mass is 10.0. The fourth-order valence-corrected chi connectivity index (χ4v) is 4.02. The Balaban J connectivity index is 2.38. The molecule has 0 aliphatic carbocycles. The molecule has 0 saturated carbocycles. The molecular formula is C19H23NO4S. The highest BCUT2D eigenvalue weighted by molar-refractivity contribution is 7.89. The smallest absolute Gasteiger partial charge is 0.338 e. The van der Waals surface area contributed by atoms with E-state index in [2.05, 4.69) is 4.72 Å². The summed E-state index contributed by atoms with van der Waals surface area (Å²) in [4.78, 5) is 11.9. The van der Waals surface area contributed by atoms with Gasteiger partial charge in [-0.05, 0) is 49.1 Å². The van der Waals surface area contributed by atoms with E-state index in [0.717, 1.165) is 11.1 Å². The third-order valence-corrected chi connectivity index (χ3v) is 5.66. The number of esters is 1. The molecule has 5 nitrogen and oxygen atoms in total. The number of carbonyl (C=O) groups is 1. The normalized spacial score (nSPS) is 12.6. The molecule has 1 N–H and O–H groups in total. The van der Waals surface area contributed by atoms with Gasteiger partial charge in [-0.15, -0.1) is 0 Å². The number of hydrogen-bond donors (Lipinski definition) is 1. The van der Waals surface area contributed by atoms with Gasteiger partial charge in [0.25, 0.3) is 0 Å². The quantitative estimate of drug-likeness (QED) is 0.799. The molecule has 0 aliphatic heterocycles. The Hall–Kier alpha value is -2.18. The predicted molar refractivity (Wildman–Crippen MR) is 97.1 cm³/mol. The van der Waals surface area contributed by atoms with Gasteiger partial charge in [-0.3, -0.25) is 0 Å². The fourth-order valence-electron chi connectivity index (χ4n) is 2.70. The second-order valence-electron chi connectivity index (χ2n) is 5.91. The molecule has 0 heterocycles. The first-order chi connectivity index (χ1) is 11.8. The lowest BCUT2D eigenvalue weighted by Gasteiger charge is -2.20. The summed E-state index contributed by atoms with van der Waals surface area (Å²) in [5.41, 5.74) is 2.87. The van der Waals surface area contributed by atoms with Crippen LogP contribution in [-0.4, -0.2) is 21.5 Å². The van der Waals surface area contributed by atoms with E-state index in [1.807, 2.05) is 38.1 Å². The van der Waals surface area contributed by atoms with E-state index in [1.165, 1.54) is 19.2 Å². The summed E-state index contributed by atoms with van der Waals surface area (Å²) >= 11 is 0. The highest BCUT2D eigenvalue weighted by atomic mass is 32.2. The van der Waals surface area contributed by atoms with Gasteiger partial charge >= 0.3 is 5.97 Å². The van der Waals surface area contributed by atoms with Crippen LogP contribution in [0.3, 0.4) is 0 Å². The molecule has 134 valence electrons. The van der Waals surface area contributed by atoms with Crippen LogP contribution in [-0.2, 0) is 14.8 Å². The van der Waals surface area contributed by atoms with Crippen LogP contribution in [0.2, 0.25) is 0 Å². The van der Waals surface area contributed by atoms with Gasteiger partial charge < -0.3 is 4.74 Å². The monoisotopic (exact) mass is 361 g/mol. The van der Waals surface area contributed by atoms with E-state index >= 15 is 0 Å². The number of methoxy groups -OCH3 is 1. The highest BCUT2D eigenvalue weighted by Gasteiger charge is 2.23. The topological polar surface area (TPSA) is 72.5 Å². The molecule has 2 aromatic rings. The first-order valence-electron chi connectivity index (χ1n) is 8.07. The summed E-state index contributed by atoms with van der Waals surface area (Å²) in [6.07, 6.45) is 0.611. The van der Waals surface area contributed by atoms with Gasteiger partial charge in [0.15, 0.2) is 0 Å². The summed E-state index contributed by atoms with van der Waals surface area (Å²) in [5, 5.41) is 0. The van der Waals surface area contributed by atoms with Gasteiger partial charge in [-0.2, -0.15) is 0 Å². The Bertz CT molecular complexity index is 875. The Labute approximate surface area is 149 Å². The SMILES string of the molecule is CCC(NS(=O)(=O)c1ccc(C)c(C(=O)OC)c1)c1ccccc1C. The summed E-state index contributed by atoms with van der Waals surface area (Å²) in [5.74, 6) is -0.555. The molecule has 0 bridgehead atoms. The lowest BCUT2D eigenvalue weighted by Crippen LogP contribution is -2.29. The third-order valence-electron chi connectivity index (χ3n) is 4.19. The summed E-state index contributed by atoms with van der Waals surface area (Å²) in [6, 6.07) is 11.8. The first-order valence-corrected chi connectivity index (χ1v) is 9.55. The maximum atomic E-state index is 12.8. The van der Waals surface area contributed by atoms with Crippen molar-refractivity contribution in [1.29, 1.82) is 0 Å². The number of hydrogen-bond acceptors (Lipinski definition) is 4. The molecule has 0 amide bonds. The van der Waals surface area contributed by atoms with Crippen molar-refractivity contribution in [2.45, 2.75) is 38.1 Å². The maximum absolute atomic E-state index is 12.8. The van der Waals surface area contributed by atoms with E-state index in [1.54, 1.807) is 13.0 Å². The average molecular weight is 361 g/mol. The second kappa shape index (κ2) is 7.80. The van der Waals surface area contributed by atoms with E-state index in [4.69, 9.17) is 4.74 Å².